The standard InChI is InChI=1S/C10H15N3.CH5N/c1-7-5-4-6-8(2)9(7)13-10(11)12-3;1-2/h4-6H,1-3H3,(H3,11,12,13);2H2,1H3. The lowest BCUT2D eigenvalue weighted by Crippen LogP contribution is -2.23. The van der Waals surface area contributed by atoms with Crippen LogP contribution in [0.25, 0.3) is 0 Å². The summed E-state index contributed by atoms with van der Waals surface area (Å²) in [6, 6.07) is 6.10. The Morgan fingerprint density at radius 2 is 1.67 bits per heavy atom. The van der Waals surface area contributed by atoms with Gasteiger partial charge in [-0.1, -0.05) is 18.2 Å². The van der Waals surface area contributed by atoms with Crippen molar-refractivity contribution in [1.82, 2.24) is 0 Å². The predicted molar refractivity (Wildman–Crippen MR) is 67.2 cm³/mol. The van der Waals surface area contributed by atoms with Crippen LogP contribution in [-0.4, -0.2) is 20.1 Å². The van der Waals surface area contributed by atoms with E-state index in [0.29, 0.717) is 5.96 Å². The summed E-state index contributed by atoms with van der Waals surface area (Å²) in [6.07, 6.45) is 0. The molecule has 4 nitrogen and oxygen atoms in total. The maximum absolute atomic E-state index is 5.58. The second kappa shape index (κ2) is 6.84. The lowest BCUT2D eigenvalue weighted by Gasteiger charge is -2.10. The van der Waals surface area contributed by atoms with Gasteiger partial charge in [0.15, 0.2) is 5.96 Å². The van der Waals surface area contributed by atoms with Crippen LogP contribution in [0.3, 0.4) is 0 Å². The number of aryl methyl sites for hydroxylation is 2. The van der Waals surface area contributed by atoms with E-state index in [0.717, 1.165) is 5.69 Å². The number of nitrogens with zero attached hydrogens (tertiary/aromatic N) is 1. The van der Waals surface area contributed by atoms with E-state index in [9.17, 15) is 0 Å². The van der Waals surface area contributed by atoms with Crippen molar-refractivity contribution in [3.63, 3.8) is 0 Å². The molecule has 0 amide bonds. The minimum absolute atomic E-state index is 0.442. The molecule has 0 heterocycles. The Balaban J connectivity index is 0.000000921. The molecule has 0 saturated carbocycles. The van der Waals surface area contributed by atoms with E-state index in [4.69, 9.17) is 5.73 Å². The van der Waals surface area contributed by atoms with Gasteiger partial charge in [0.1, 0.15) is 0 Å². The molecule has 4 heteroatoms. The van der Waals surface area contributed by atoms with Crippen molar-refractivity contribution in [1.29, 1.82) is 0 Å². The van der Waals surface area contributed by atoms with Crippen molar-refractivity contribution < 1.29 is 0 Å². The number of hydrogen-bond acceptors (Lipinski definition) is 2. The van der Waals surface area contributed by atoms with Crippen LogP contribution in [0, 0.1) is 13.8 Å². The van der Waals surface area contributed by atoms with Gasteiger partial charge in [-0.3, -0.25) is 4.99 Å². The van der Waals surface area contributed by atoms with E-state index >= 15 is 0 Å². The first kappa shape index (κ1) is 13.4. The summed E-state index contributed by atoms with van der Waals surface area (Å²) < 4.78 is 0. The fourth-order valence-electron chi connectivity index (χ4n) is 1.20. The van der Waals surface area contributed by atoms with Crippen molar-refractivity contribution >= 4 is 11.6 Å². The monoisotopic (exact) mass is 208 g/mol. The molecule has 1 aromatic rings. The molecule has 0 aliphatic rings. The first-order valence-corrected chi connectivity index (χ1v) is 4.78. The van der Waals surface area contributed by atoms with Crippen molar-refractivity contribution in [2.45, 2.75) is 13.8 Å². The molecule has 1 aromatic carbocycles. The van der Waals surface area contributed by atoms with Gasteiger partial charge in [-0.2, -0.15) is 0 Å². The number of guanidine groups is 1. The minimum atomic E-state index is 0.442. The average Bonchev–Trinajstić information content (AvgIpc) is 2.26. The van der Waals surface area contributed by atoms with Gasteiger partial charge < -0.3 is 16.8 Å². The predicted octanol–water partition coefficient (Wildman–Crippen LogP) is 1.23. The Morgan fingerprint density at radius 1 is 1.20 bits per heavy atom. The zero-order valence-electron chi connectivity index (χ0n) is 9.83. The molecule has 0 saturated heterocycles. The highest BCUT2D eigenvalue weighted by molar-refractivity contribution is 5.93. The van der Waals surface area contributed by atoms with E-state index in [1.807, 2.05) is 32.0 Å². The molecule has 1 rings (SSSR count). The molecule has 5 N–H and O–H groups in total. The molecular weight excluding hydrogens is 188 g/mol. The number of benzene rings is 1. The van der Waals surface area contributed by atoms with Gasteiger partial charge in [0.25, 0.3) is 0 Å². The van der Waals surface area contributed by atoms with Crippen LogP contribution in [-0.2, 0) is 0 Å². The van der Waals surface area contributed by atoms with E-state index in [1.54, 1.807) is 7.05 Å². The van der Waals surface area contributed by atoms with E-state index in [-0.39, 0.29) is 0 Å². The molecule has 84 valence electrons. The van der Waals surface area contributed by atoms with Gasteiger partial charge in [-0.05, 0) is 32.0 Å². The van der Waals surface area contributed by atoms with Crippen molar-refractivity contribution in [2.75, 3.05) is 19.4 Å². The van der Waals surface area contributed by atoms with Crippen LogP contribution in [0.4, 0.5) is 5.69 Å². The third-order valence-electron chi connectivity index (χ3n) is 1.98. The molecule has 0 radical (unpaired) electrons. The number of hydrogen-bond donors (Lipinski definition) is 3. The van der Waals surface area contributed by atoms with Crippen LogP contribution in [0.1, 0.15) is 11.1 Å². The van der Waals surface area contributed by atoms with Gasteiger partial charge in [0, 0.05) is 12.7 Å². The summed E-state index contributed by atoms with van der Waals surface area (Å²) in [5.41, 5.74) is 13.5. The van der Waals surface area contributed by atoms with Crippen LogP contribution < -0.4 is 16.8 Å². The number of anilines is 1. The highest BCUT2D eigenvalue weighted by Gasteiger charge is 2.01. The lowest BCUT2D eigenvalue weighted by atomic mass is 10.1. The maximum atomic E-state index is 5.58. The van der Waals surface area contributed by atoms with Gasteiger partial charge in [-0.15, -0.1) is 0 Å². The molecule has 0 bridgehead atoms. The summed E-state index contributed by atoms with van der Waals surface area (Å²) in [5.74, 6) is 0.442. The molecule has 0 fully saturated rings. The van der Waals surface area contributed by atoms with Gasteiger partial charge >= 0.3 is 0 Å². The van der Waals surface area contributed by atoms with Gasteiger partial charge in [0.05, 0.1) is 0 Å². The Hall–Kier alpha value is -1.55. The van der Waals surface area contributed by atoms with Crippen LogP contribution in [0.2, 0.25) is 0 Å². The Kier molecular flexibility index (Phi) is 6.13. The van der Waals surface area contributed by atoms with Gasteiger partial charge in [-0.25, -0.2) is 0 Å². The zero-order valence-corrected chi connectivity index (χ0v) is 9.83. The fourth-order valence-corrected chi connectivity index (χ4v) is 1.20. The van der Waals surface area contributed by atoms with Crippen LogP contribution >= 0.6 is 0 Å². The molecule has 0 spiro atoms. The van der Waals surface area contributed by atoms with E-state index in [1.165, 1.54) is 18.2 Å². The van der Waals surface area contributed by atoms with Crippen molar-refractivity contribution in [3.05, 3.63) is 29.3 Å². The fraction of sp³-hybridized carbons (Fsp3) is 0.364. The van der Waals surface area contributed by atoms with Crippen LogP contribution in [0.15, 0.2) is 23.2 Å². The second-order valence-electron chi connectivity index (χ2n) is 3.00. The number of para-hydroxylation sites is 1. The first-order chi connectivity index (χ1) is 7.15. The molecule has 0 aromatic heterocycles. The summed E-state index contributed by atoms with van der Waals surface area (Å²) >= 11 is 0. The molecule has 0 aliphatic heterocycles. The Bertz CT molecular complexity index is 311. The largest absolute Gasteiger partial charge is 0.370 e. The Morgan fingerprint density at radius 3 is 2.07 bits per heavy atom. The van der Waals surface area contributed by atoms with E-state index < -0.39 is 0 Å². The summed E-state index contributed by atoms with van der Waals surface area (Å²) in [4.78, 5) is 3.85. The molecule has 0 unspecified atom stereocenters. The topological polar surface area (TPSA) is 76.4 Å². The SMILES string of the molecule is CN.CN=C(N)Nc1c(C)cccc1C. The average molecular weight is 208 g/mol. The third kappa shape index (κ3) is 3.99. The lowest BCUT2D eigenvalue weighted by molar-refractivity contribution is 1.33. The number of nitrogens with one attached hydrogen (secondary N) is 1. The smallest absolute Gasteiger partial charge is 0.192 e. The van der Waals surface area contributed by atoms with Crippen LogP contribution in [0.5, 0.6) is 0 Å². The number of aliphatic imine (C=N–C) groups is 1. The van der Waals surface area contributed by atoms with E-state index in [2.05, 4.69) is 16.0 Å². The highest BCUT2D eigenvalue weighted by atomic mass is 15.1. The number of rotatable bonds is 1. The third-order valence-corrected chi connectivity index (χ3v) is 1.98. The first-order valence-electron chi connectivity index (χ1n) is 4.78. The zero-order chi connectivity index (χ0) is 11.8. The van der Waals surface area contributed by atoms with Crippen molar-refractivity contribution in [2.24, 2.45) is 16.5 Å². The summed E-state index contributed by atoms with van der Waals surface area (Å²) in [7, 11) is 3.16. The summed E-state index contributed by atoms with van der Waals surface area (Å²) in [6.45, 7) is 4.08. The quantitative estimate of drug-likeness (QED) is 0.480. The van der Waals surface area contributed by atoms with Gasteiger partial charge in [0.2, 0.25) is 0 Å². The number of nitrogens with two attached hydrogens (primary N) is 2. The maximum Gasteiger partial charge on any atom is 0.192 e. The van der Waals surface area contributed by atoms with Crippen molar-refractivity contribution in [3.8, 4) is 0 Å². The second-order valence-corrected chi connectivity index (χ2v) is 3.00. The highest BCUT2D eigenvalue weighted by Crippen LogP contribution is 2.18. The molecule has 0 aliphatic carbocycles. The Labute approximate surface area is 91.4 Å². The normalized spacial score (nSPS) is 10.3. The molecular formula is C11H20N4. The molecule has 0 atom stereocenters. The summed E-state index contributed by atoms with van der Waals surface area (Å²) in [5, 5.41) is 3.06. The molecule has 15 heavy (non-hydrogen) atoms. The minimum Gasteiger partial charge on any atom is -0.370 e.